The van der Waals surface area contributed by atoms with Crippen molar-refractivity contribution < 1.29 is 0 Å². The van der Waals surface area contributed by atoms with Crippen molar-refractivity contribution in [3.8, 4) is 22.3 Å². The second kappa shape index (κ2) is 14.7. The predicted octanol–water partition coefficient (Wildman–Crippen LogP) is 15.0. The van der Waals surface area contributed by atoms with Crippen LogP contribution in [0.3, 0.4) is 0 Å². The molecule has 3 aliphatic carbocycles. The van der Waals surface area contributed by atoms with E-state index >= 15 is 0 Å². The lowest BCUT2D eigenvalue weighted by molar-refractivity contribution is 0.490. The Bertz CT molecular complexity index is 2740. The average Bonchev–Trinajstić information content (AvgIpc) is 3.75. The molecule has 0 bridgehead atoms. The number of hydrogen-bond donors (Lipinski definition) is 0. The van der Waals surface area contributed by atoms with Crippen molar-refractivity contribution in [1.82, 2.24) is 0 Å². The fourth-order valence-electron chi connectivity index (χ4n) is 10.8. The molecule has 0 aliphatic heterocycles. The fraction of sp³-hybridized carbons (Fsp3) is 0.172. The van der Waals surface area contributed by atoms with E-state index in [0.29, 0.717) is 0 Å². The molecule has 0 aromatic heterocycles. The first kappa shape index (κ1) is 36.9. The van der Waals surface area contributed by atoms with E-state index < -0.39 is 5.41 Å². The highest BCUT2D eigenvalue weighted by atomic mass is 15.2. The van der Waals surface area contributed by atoms with E-state index in [1.807, 2.05) is 0 Å². The van der Waals surface area contributed by atoms with Gasteiger partial charge in [0.05, 0.1) is 11.5 Å². The third kappa shape index (κ3) is 5.82. The van der Waals surface area contributed by atoms with Gasteiger partial charge in [-0.25, -0.2) is 0 Å². The Morgan fingerprint density at radius 3 is 1.86 bits per heavy atom. The molecule has 7 aromatic carbocycles. The number of anilines is 2. The standard InChI is InChI=1S/C58H51N/c1-5-57(6-2)54-38-42(29-36-49(54)50-37-35-48(39-55(50)57)59(46-31-24-40(3)25-32-46)47-33-26-41(4)27-34-47)28-30-43-16-15-23-53-56(43)51-21-13-14-22-52(51)58(53,44-17-9-7-10-18-44)45-19-11-8-12-20-45/h7-33,35-39,47H,5-6,34H2,1-4H3/b30-28+. The molecule has 3 aliphatic rings. The maximum absolute atomic E-state index is 2.55. The summed E-state index contributed by atoms with van der Waals surface area (Å²) in [5, 5.41) is 0. The summed E-state index contributed by atoms with van der Waals surface area (Å²) in [5.74, 6) is 0. The molecule has 0 saturated heterocycles. The van der Waals surface area contributed by atoms with Gasteiger partial charge < -0.3 is 4.90 Å². The summed E-state index contributed by atoms with van der Waals surface area (Å²) in [7, 11) is 0. The Labute approximate surface area is 350 Å². The maximum Gasteiger partial charge on any atom is 0.0713 e. The summed E-state index contributed by atoms with van der Waals surface area (Å²) in [6, 6.07) is 61.9. The van der Waals surface area contributed by atoms with Gasteiger partial charge in [-0.15, -0.1) is 0 Å². The van der Waals surface area contributed by atoms with Crippen LogP contribution in [0.25, 0.3) is 34.4 Å². The zero-order valence-corrected chi connectivity index (χ0v) is 34.6. The number of aryl methyl sites for hydroxylation is 1. The van der Waals surface area contributed by atoms with Gasteiger partial charge in [-0.05, 0) is 124 Å². The number of allylic oxidation sites excluding steroid dienone is 2. The van der Waals surface area contributed by atoms with E-state index in [2.05, 4.69) is 227 Å². The monoisotopic (exact) mass is 761 g/mol. The van der Waals surface area contributed by atoms with Gasteiger partial charge in [0.2, 0.25) is 0 Å². The zero-order chi connectivity index (χ0) is 40.1. The van der Waals surface area contributed by atoms with Crippen LogP contribution in [-0.4, -0.2) is 6.04 Å². The third-order valence-electron chi connectivity index (χ3n) is 13.7. The first-order valence-corrected chi connectivity index (χ1v) is 21.5. The van der Waals surface area contributed by atoms with Gasteiger partial charge in [-0.2, -0.15) is 0 Å². The Morgan fingerprint density at radius 1 is 0.559 bits per heavy atom. The van der Waals surface area contributed by atoms with Crippen LogP contribution in [-0.2, 0) is 10.8 Å². The van der Waals surface area contributed by atoms with Crippen LogP contribution in [0.4, 0.5) is 11.4 Å². The highest BCUT2D eigenvalue weighted by Gasteiger charge is 2.46. The van der Waals surface area contributed by atoms with E-state index in [9.17, 15) is 0 Å². The lowest BCUT2D eigenvalue weighted by Gasteiger charge is -2.35. The van der Waals surface area contributed by atoms with Gasteiger partial charge in [-0.1, -0.05) is 195 Å². The first-order chi connectivity index (χ1) is 29.0. The largest absolute Gasteiger partial charge is 0.334 e. The Morgan fingerprint density at radius 2 is 1.19 bits per heavy atom. The number of fused-ring (bicyclic) bond motifs is 6. The summed E-state index contributed by atoms with van der Waals surface area (Å²) in [6.45, 7) is 9.12. The van der Waals surface area contributed by atoms with Crippen LogP contribution in [0.2, 0.25) is 0 Å². The quantitative estimate of drug-likeness (QED) is 0.132. The van der Waals surface area contributed by atoms with E-state index in [1.165, 1.54) is 89.3 Å². The Balaban J connectivity index is 1.06. The summed E-state index contributed by atoms with van der Waals surface area (Å²) >= 11 is 0. The normalized spacial score (nSPS) is 16.6. The molecule has 0 saturated carbocycles. The minimum absolute atomic E-state index is 0.0692. The lowest BCUT2D eigenvalue weighted by Crippen LogP contribution is -2.30. The molecule has 1 atom stereocenters. The number of benzene rings is 7. The molecule has 288 valence electrons. The lowest BCUT2D eigenvalue weighted by atomic mass is 9.67. The van der Waals surface area contributed by atoms with Crippen molar-refractivity contribution in [3.63, 3.8) is 0 Å². The molecular weight excluding hydrogens is 711 g/mol. The van der Waals surface area contributed by atoms with E-state index in [1.54, 1.807) is 0 Å². The second-order valence-electron chi connectivity index (χ2n) is 16.8. The molecule has 0 fully saturated rings. The van der Waals surface area contributed by atoms with E-state index in [0.717, 1.165) is 19.3 Å². The fourth-order valence-corrected chi connectivity index (χ4v) is 10.8. The molecule has 0 N–H and O–H groups in total. The topological polar surface area (TPSA) is 3.24 Å². The number of rotatable bonds is 9. The summed E-state index contributed by atoms with van der Waals surface area (Å²) in [4.78, 5) is 2.55. The zero-order valence-electron chi connectivity index (χ0n) is 34.6. The van der Waals surface area contributed by atoms with Crippen LogP contribution >= 0.6 is 0 Å². The van der Waals surface area contributed by atoms with Crippen molar-refractivity contribution in [2.75, 3.05) is 4.90 Å². The van der Waals surface area contributed by atoms with E-state index in [4.69, 9.17) is 0 Å². The van der Waals surface area contributed by atoms with Crippen LogP contribution in [0.1, 0.15) is 90.1 Å². The molecule has 10 rings (SSSR count). The van der Waals surface area contributed by atoms with Gasteiger partial charge in [0.15, 0.2) is 0 Å². The average molecular weight is 762 g/mol. The van der Waals surface area contributed by atoms with Crippen LogP contribution in [0, 0.1) is 6.92 Å². The summed E-state index contributed by atoms with van der Waals surface area (Å²) < 4.78 is 0. The maximum atomic E-state index is 2.55. The van der Waals surface area contributed by atoms with Crippen molar-refractivity contribution in [2.24, 2.45) is 0 Å². The molecule has 1 heteroatoms. The van der Waals surface area contributed by atoms with Gasteiger partial charge in [0.25, 0.3) is 0 Å². The molecule has 1 unspecified atom stereocenters. The molecule has 0 radical (unpaired) electrons. The van der Waals surface area contributed by atoms with Gasteiger partial charge in [0, 0.05) is 16.8 Å². The van der Waals surface area contributed by atoms with Crippen molar-refractivity contribution >= 4 is 23.5 Å². The highest BCUT2D eigenvalue weighted by molar-refractivity contribution is 5.93. The SMILES string of the molecule is CCC1(CC)c2cc(/C=C/c3cccc4c3-c3ccccc3C4(c3ccccc3)c3ccccc3)ccc2-c2ccc(N(c3ccc(C)cc3)C3C=CC(C)=CC3)cc21. The molecule has 1 nitrogen and oxygen atoms in total. The molecule has 7 aromatic rings. The van der Waals surface area contributed by atoms with Crippen LogP contribution in [0.15, 0.2) is 188 Å². The van der Waals surface area contributed by atoms with Crippen molar-refractivity contribution in [3.05, 3.63) is 238 Å². The van der Waals surface area contributed by atoms with Crippen LogP contribution < -0.4 is 4.90 Å². The predicted molar refractivity (Wildman–Crippen MR) is 251 cm³/mol. The summed E-state index contributed by atoms with van der Waals surface area (Å²) in [6.07, 6.45) is 14.8. The molecule has 0 amide bonds. The van der Waals surface area contributed by atoms with E-state index in [-0.39, 0.29) is 11.5 Å². The number of hydrogen-bond acceptors (Lipinski definition) is 1. The highest BCUT2D eigenvalue weighted by Crippen LogP contribution is 2.58. The summed E-state index contributed by atoms with van der Waals surface area (Å²) in [5.41, 5.74) is 20.6. The van der Waals surface area contributed by atoms with Gasteiger partial charge in [0.1, 0.15) is 0 Å². The second-order valence-corrected chi connectivity index (χ2v) is 16.8. The van der Waals surface area contributed by atoms with Gasteiger partial charge >= 0.3 is 0 Å². The third-order valence-corrected chi connectivity index (χ3v) is 13.7. The smallest absolute Gasteiger partial charge is 0.0713 e. The first-order valence-electron chi connectivity index (χ1n) is 21.5. The molecule has 0 heterocycles. The molecule has 59 heavy (non-hydrogen) atoms. The minimum atomic E-state index is -0.406. The molecule has 0 spiro atoms. The number of nitrogens with zero attached hydrogens (tertiary/aromatic N) is 1. The van der Waals surface area contributed by atoms with Crippen LogP contribution in [0.5, 0.6) is 0 Å². The Kier molecular flexibility index (Phi) is 9.21. The molecular formula is C58H51N. The minimum Gasteiger partial charge on any atom is -0.334 e. The Hall–Kier alpha value is -6.44. The van der Waals surface area contributed by atoms with Gasteiger partial charge in [-0.3, -0.25) is 0 Å². The van der Waals surface area contributed by atoms with Crippen molar-refractivity contribution in [2.45, 2.75) is 63.8 Å². The van der Waals surface area contributed by atoms with Crippen molar-refractivity contribution in [1.29, 1.82) is 0 Å².